The molecule has 1 saturated heterocycles. The van der Waals surface area contributed by atoms with Gasteiger partial charge < -0.3 is 9.46 Å². The highest BCUT2D eigenvalue weighted by atomic mass is 35.5. The SMILES string of the molecule is C/C=S(/Nc1nccs1)c1ccc(OC2CCN(Cc3ccccc3C(F)(F)F)CC2)c(Cl)c1. The van der Waals surface area contributed by atoms with E-state index in [0.717, 1.165) is 28.9 Å². The summed E-state index contributed by atoms with van der Waals surface area (Å²) in [5.41, 5.74) is -0.254. The van der Waals surface area contributed by atoms with Gasteiger partial charge >= 0.3 is 6.18 Å². The summed E-state index contributed by atoms with van der Waals surface area (Å²) < 4.78 is 49.4. The molecule has 1 aliphatic rings. The van der Waals surface area contributed by atoms with Gasteiger partial charge in [0, 0.05) is 36.1 Å². The standard InChI is InChI=1S/C24H25ClF3N3OS2/c1-2-34(30-23-29-11-14-33-23)19-7-8-22(21(25)15-19)32-18-9-12-31(13-10-18)16-17-5-3-4-6-20(17)24(26,27)28/h2-8,11,14-15,18H,9-10,12-13,16H2,1H3,(H,29,30). The van der Waals surface area contributed by atoms with Crippen LogP contribution in [0.1, 0.15) is 30.9 Å². The molecule has 0 amide bonds. The van der Waals surface area contributed by atoms with E-state index in [9.17, 15) is 13.2 Å². The molecule has 1 N–H and O–H groups in total. The number of ether oxygens (including phenoxy) is 1. The molecule has 0 saturated carbocycles. The van der Waals surface area contributed by atoms with E-state index in [1.165, 1.54) is 6.07 Å². The Bertz CT molecular complexity index is 1130. The van der Waals surface area contributed by atoms with Crippen molar-refractivity contribution in [1.82, 2.24) is 9.88 Å². The van der Waals surface area contributed by atoms with E-state index >= 15 is 0 Å². The molecule has 1 aliphatic heterocycles. The third kappa shape index (κ3) is 6.33. The van der Waals surface area contributed by atoms with Crippen molar-refractivity contribution in [2.45, 2.75) is 43.5 Å². The average Bonchev–Trinajstić information content (AvgIpc) is 3.33. The van der Waals surface area contributed by atoms with E-state index in [1.54, 1.807) is 29.7 Å². The van der Waals surface area contributed by atoms with Gasteiger partial charge in [0.15, 0.2) is 5.13 Å². The van der Waals surface area contributed by atoms with E-state index < -0.39 is 11.7 Å². The summed E-state index contributed by atoms with van der Waals surface area (Å²) in [5.74, 6) is 0.625. The topological polar surface area (TPSA) is 37.4 Å². The summed E-state index contributed by atoms with van der Waals surface area (Å²) in [6, 6.07) is 11.6. The van der Waals surface area contributed by atoms with Crippen LogP contribution in [0.2, 0.25) is 5.02 Å². The number of alkyl halides is 3. The van der Waals surface area contributed by atoms with E-state index in [0.29, 0.717) is 29.4 Å². The van der Waals surface area contributed by atoms with Gasteiger partial charge in [-0.25, -0.2) is 4.98 Å². The fourth-order valence-corrected chi connectivity index (χ4v) is 6.21. The van der Waals surface area contributed by atoms with Crippen molar-refractivity contribution in [3.05, 3.63) is 70.2 Å². The fraction of sp³-hybridized carbons (Fsp3) is 0.333. The number of likely N-dealkylation sites (tertiary alicyclic amines) is 1. The Morgan fingerprint density at radius 1 is 1.24 bits per heavy atom. The Balaban J connectivity index is 1.34. The molecular weight excluding hydrogens is 503 g/mol. The van der Waals surface area contributed by atoms with Crippen molar-refractivity contribution in [3.63, 3.8) is 0 Å². The van der Waals surface area contributed by atoms with E-state index in [4.69, 9.17) is 16.3 Å². The molecule has 34 heavy (non-hydrogen) atoms. The first-order valence-corrected chi connectivity index (χ1v) is 13.4. The predicted molar refractivity (Wildman–Crippen MR) is 135 cm³/mol. The van der Waals surface area contributed by atoms with Crippen LogP contribution in [0.3, 0.4) is 0 Å². The number of thiazole rings is 1. The lowest BCUT2D eigenvalue weighted by Crippen LogP contribution is -2.38. The lowest BCUT2D eigenvalue weighted by molar-refractivity contribution is -0.138. The number of benzene rings is 2. The maximum Gasteiger partial charge on any atom is 0.416 e. The maximum atomic E-state index is 13.3. The van der Waals surface area contributed by atoms with Crippen molar-refractivity contribution in [2.24, 2.45) is 0 Å². The number of halogens is 4. The number of nitrogens with one attached hydrogen (secondary N) is 1. The van der Waals surface area contributed by atoms with Gasteiger partial charge in [-0.05, 0) is 55.0 Å². The molecule has 1 atom stereocenters. The zero-order chi connectivity index (χ0) is 24.1. The quantitative estimate of drug-likeness (QED) is 0.326. The number of piperidine rings is 1. The summed E-state index contributed by atoms with van der Waals surface area (Å²) in [6.45, 7) is 3.60. The molecule has 10 heteroatoms. The van der Waals surface area contributed by atoms with Gasteiger partial charge in [-0.15, -0.1) is 11.3 Å². The van der Waals surface area contributed by atoms with Gasteiger partial charge in [0.2, 0.25) is 0 Å². The summed E-state index contributed by atoms with van der Waals surface area (Å²) in [7, 11) is -0.336. The highest BCUT2D eigenvalue weighted by molar-refractivity contribution is 8.16. The molecule has 4 rings (SSSR count). The van der Waals surface area contributed by atoms with Gasteiger partial charge in [-0.3, -0.25) is 4.90 Å². The Labute approximate surface area is 208 Å². The smallest absolute Gasteiger partial charge is 0.416 e. The van der Waals surface area contributed by atoms with Crippen molar-refractivity contribution in [1.29, 1.82) is 0 Å². The molecule has 0 bridgehead atoms. The van der Waals surface area contributed by atoms with Crippen LogP contribution in [-0.2, 0) is 12.7 Å². The Morgan fingerprint density at radius 2 is 2.00 bits per heavy atom. The summed E-state index contributed by atoms with van der Waals surface area (Å²) in [6.07, 6.45) is -1.15. The van der Waals surface area contributed by atoms with Crippen molar-refractivity contribution < 1.29 is 17.9 Å². The zero-order valence-corrected chi connectivity index (χ0v) is 20.9. The van der Waals surface area contributed by atoms with Crippen LogP contribution in [0.4, 0.5) is 18.3 Å². The third-order valence-corrected chi connectivity index (χ3v) is 8.33. The molecule has 2 aromatic carbocycles. The van der Waals surface area contributed by atoms with Gasteiger partial charge in [0.1, 0.15) is 11.9 Å². The first-order valence-electron chi connectivity index (χ1n) is 10.9. The highest BCUT2D eigenvalue weighted by Gasteiger charge is 2.33. The minimum Gasteiger partial charge on any atom is -0.489 e. The van der Waals surface area contributed by atoms with E-state index in [-0.39, 0.29) is 23.3 Å². The summed E-state index contributed by atoms with van der Waals surface area (Å²) in [4.78, 5) is 7.35. The van der Waals surface area contributed by atoms with Gasteiger partial charge in [-0.1, -0.05) is 40.5 Å². The second kappa shape index (κ2) is 11.1. The van der Waals surface area contributed by atoms with Crippen LogP contribution in [0.15, 0.2) is 58.9 Å². The van der Waals surface area contributed by atoms with Crippen LogP contribution in [0.5, 0.6) is 5.75 Å². The minimum atomic E-state index is -4.34. The van der Waals surface area contributed by atoms with Crippen molar-refractivity contribution >= 4 is 44.1 Å². The molecule has 0 spiro atoms. The number of rotatable bonds is 7. The lowest BCUT2D eigenvalue weighted by Gasteiger charge is -2.33. The van der Waals surface area contributed by atoms with Gasteiger partial charge in [-0.2, -0.15) is 13.2 Å². The number of nitrogens with zero attached hydrogens (tertiary/aromatic N) is 2. The molecule has 3 aromatic rings. The molecule has 1 fully saturated rings. The second-order valence-corrected chi connectivity index (χ2v) is 11.0. The molecular formula is C24H25ClF3N3OS2. The molecule has 0 aliphatic carbocycles. The number of hydrogen-bond acceptors (Lipinski definition) is 5. The molecule has 2 heterocycles. The fourth-order valence-electron chi connectivity index (χ4n) is 3.88. The minimum absolute atomic E-state index is 0.0260. The largest absolute Gasteiger partial charge is 0.489 e. The van der Waals surface area contributed by atoms with E-state index in [1.807, 2.05) is 35.4 Å². The van der Waals surface area contributed by atoms with Crippen molar-refractivity contribution in [2.75, 3.05) is 17.8 Å². The number of anilines is 1. The first-order chi connectivity index (χ1) is 16.3. The van der Waals surface area contributed by atoms with Gasteiger partial charge in [0.25, 0.3) is 0 Å². The summed E-state index contributed by atoms with van der Waals surface area (Å²) in [5, 5.41) is 5.38. The Kier molecular flexibility index (Phi) is 8.18. The Morgan fingerprint density at radius 3 is 2.65 bits per heavy atom. The molecule has 182 valence electrons. The second-order valence-electron chi connectivity index (χ2n) is 7.85. The molecule has 1 unspecified atom stereocenters. The zero-order valence-electron chi connectivity index (χ0n) is 18.5. The van der Waals surface area contributed by atoms with Crippen LogP contribution < -0.4 is 9.46 Å². The normalized spacial score (nSPS) is 16.5. The number of aromatic nitrogens is 1. The third-order valence-electron chi connectivity index (χ3n) is 5.57. The maximum absolute atomic E-state index is 13.3. The van der Waals surface area contributed by atoms with Gasteiger partial charge in [0.05, 0.1) is 10.6 Å². The monoisotopic (exact) mass is 527 g/mol. The van der Waals surface area contributed by atoms with Crippen molar-refractivity contribution in [3.8, 4) is 5.75 Å². The van der Waals surface area contributed by atoms with Crippen LogP contribution in [0, 0.1) is 0 Å². The molecule has 0 radical (unpaired) electrons. The first kappa shape index (κ1) is 25.0. The molecule has 4 nitrogen and oxygen atoms in total. The Hall–Kier alpha value is -2.07. The molecule has 1 aromatic heterocycles. The predicted octanol–water partition coefficient (Wildman–Crippen LogP) is 7.34. The summed E-state index contributed by atoms with van der Waals surface area (Å²) >= 11 is 8.08. The van der Waals surface area contributed by atoms with Crippen LogP contribution >= 0.6 is 33.6 Å². The van der Waals surface area contributed by atoms with E-state index in [2.05, 4.69) is 15.1 Å². The average molecular weight is 528 g/mol. The highest BCUT2D eigenvalue weighted by Crippen LogP contribution is 2.36. The lowest BCUT2D eigenvalue weighted by atomic mass is 10.0. The van der Waals surface area contributed by atoms with Crippen LogP contribution in [-0.4, -0.2) is 34.4 Å². The number of hydrogen-bond donors (Lipinski definition) is 1. The van der Waals surface area contributed by atoms with Crippen LogP contribution in [0.25, 0.3) is 0 Å².